The number of benzene rings is 3. The number of hydrogen-bond donors (Lipinski definition) is 0. The van der Waals surface area contributed by atoms with Gasteiger partial charge in [-0.05, 0) is 58.4 Å². The molecular formula is C32H35N3S. The molecule has 2 aromatic heterocycles. The van der Waals surface area contributed by atoms with Crippen molar-refractivity contribution in [1.82, 2.24) is 14.5 Å². The predicted octanol–water partition coefficient (Wildman–Crippen LogP) is 9.36. The lowest BCUT2D eigenvalue weighted by molar-refractivity contribution is 0.587. The van der Waals surface area contributed by atoms with Gasteiger partial charge in [0.15, 0.2) is 0 Å². The fraction of sp³-hybridized carbons (Fsp3) is 0.312. The maximum Gasteiger partial charge on any atom is 0.145 e. The van der Waals surface area contributed by atoms with Crippen molar-refractivity contribution in [1.29, 1.82) is 0 Å². The van der Waals surface area contributed by atoms with E-state index in [0.29, 0.717) is 5.82 Å². The summed E-state index contributed by atoms with van der Waals surface area (Å²) >= 11 is 1.68. The minimum atomic E-state index is -0.0690. The van der Waals surface area contributed by atoms with Crippen LogP contribution in [-0.2, 0) is 5.41 Å². The van der Waals surface area contributed by atoms with E-state index in [2.05, 4.69) is 89.8 Å². The van der Waals surface area contributed by atoms with E-state index in [4.69, 9.17) is 7.73 Å². The summed E-state index contributed by atoms with van der Waals surface area (Å²) in [5, 5.41) is 1.06. The van der Waals surface area contributed by atoms with E-state index < -0.39 is 0 Å². The van der Waals surface area contributed by atoms with Gasteiger partial charge in [-0.3, -0.25) is 4.57 Å². The number of nitrogens with zero attached hydrogens (tertiary/aromatic N) is 3. The maximum absolute atomic E-state index is 9.01. The second-order valence-corrected chi connectivity index (χ2v) is 12.1. The van der Waals surface area contributed by atoms with Crippen LogP contribution in [0.1, 0.15) is 79.2 Å². The Kier molecular flexibility index (Phi) is 5.70. The van der Waals surface area contributed by atoms with Crippen LogP contribution in [-0.4, -0.2) is 14.5 Å². The van der Waals surface area contributed by atoms with Gasteiger partial charge in [0.1, 0.15) is 5.82 Å². The summed E-state index contributed by atoms with van der Waals surface area (Å²) in [7, 11) is 0. The molecule has 184 valence electrons. The Balaban J connectivity index is 1.84. The van der Waals surface area contributed by atoms with Gasteiger partial charge in [0.25, 0.3) is 0 Å². The largest absolute Gasteiger partial charge is 0.299 e. The monoisotopic (exact) mass is 495 g/mol. The first-order valence-electron chi connectivity index (χ1n) is 13.7. The molecule has 2 heterocycles. The molecule has 0 aliphatic heterocycles. The molecule has 0 radical (unpaired) electrons. The Labute approximate surface area is 221 Å². The summed E-state index contributed by atoms with van der Waals surface area (Å²) in [5.41, 5.74) is 7.38. The van der Waals surface area contributed by atoms with Crippen LogP contribution in [0.25, 0.3) is 38.4 Å². The third-order valence-corrected chi connectivity index (χ3v) is 8.11. The summed E-state index contributed by atoms with van der Waals surface area (Å²) in [6.45, 7) is 15.3. The minimum Gasteiger partial charge on any atom is -0.299 e. The topological polar surface area (TPSA) is 30.7 Å². The maximum atomic E-state index is 9.01. The van der Waals surface area contributed by atoms with E-state index >= 15 is 0 Å². The zero-order valence-electron chi connectivity index (χ0n) is 24.2. The van der Waals surface area contributed by atoms with Gasteiger partial charge in [-0.1, -0.05) is 84.9 Å². The van der Waals surface area contributed by atoms with Crippen LogP contribution in [0.3, 0.4) is 0 Å². The minimum absolute atomic E-state index is 0.0193. The van der Waals surface area contributed by atoms with Gasteiger partial charge < -0.3 is 0 Å². The van der Waals surface area contributed by atoms with Crippen molar-refractivity contribution in [2.45, 2.75) is 65.7 Å². The van der Waals surface area contributed by atoms with Gasteiger partial charge in [0.05, 0.1) is 23.7 Å². The van der Waals surface area contributed by atoms with Crippen LogP contribution >= 0.6 is 11.3 Å². The Morgan fingerprint density at radius 1 is 0.861 bits per heavy atom. The highest BCUT2D eigenvalue weighted by Crippen LogP contribution is 2.40. The first-order valence-corrected chi connectivity index (χ1v) is 13.5. The van der Waals surface area contributed by atoms with E-state index in [9.17, 15) is 0 Å². The molecular weight excluding hydrogens is 458 g/mol. The molecule has 0 atom stereocenters. The van der Waals surface area contributed by atoms with Gasteiger partial charge in [-0.15, -0.1) is 11.3 Å². The second-order valence-electron chi connectivity index (χ2n) is 11.1. The van der Waals surface area contributed by atoms with Crippen LogP contribution in [0, 0.1) is 0 Å². The van der Waals surface area contributed by atoms with E-state index in [1.807, 2.05) is 28.8 Å². The lowest BCUT2D eigenvalue weighted by Crippen LogP contribution is -2.09. The zero-order chi connectivity index (χ0) is 27.4. The lowest BCUT2D eigenvalue weighted by atomic mass is 9.88. The predicted molar refractivity (Wildman–Crippen MR) is 154 cm³/mol. The van der Waals surface area contributed by atoms with E-state index in [1.165, 1.54) is 11.1 Å². The Morgan fingerprint density at radius 3 is 2.14 bits per heavy atom. The van der Waals surface area contributed by atoms with Crippen molar-refractivity contribution in [3.8, 4) is 28.2 Å². The number of hydrogen-bond acceptors (Lipinski definition) is 3. The summed E-state index contributed by atoms with van der Waals surface area (Å²) in [6, 6.07) is 21.0. The van der Waals surface area contributed by atoms with Crippen LogP contribution in [0.2, 0.25) is 0 Å². The molecule has 5 aromatic rings. The Morgan fingerprint density at radius 2 is 1.53 bits per heavy atom. The van der Waals surface area contributed by atoms with Crippen molar-refractivity contribution in [3.05, 3.63) is 89.1 Å². The Hall–Kier alpha value is -3.24. The van der Waals surface area contributed by atoms with Crippen molar-refractivity contribution < 1.29 is 2.74 Å². The molecule has 0 aliphatic carbocycles. The van der Waals surface area contributed by atoms with E-state index in [1.54, 1.807) is 11.3 Å². The van der Waals surface area contributed by atoms with Crippen LogP contribution in [0.5, 0.6) is 0 Å². The van der Waals surface area contributed by atoms with E-state index in [-0.39, 0.29) is 29.6 Å². The molecule has 36 heavy (non-hydrogen) atoms. The van der Waals surface area contributed by atoms with Crippen LogP contribution in [0.4, 0.5) is 0 Å². The molecule has 3 nitrogen and oxygen atoms in total. The Bertz CT molecular complexity index is 1590. The molecule has 0 fully saturated rings. The number of aromatic nitrogens is 3. The van der Waals surface area contributed by atoms with Gasteiger partial charge in [-0.2, -0.15) is 0 Å². The number of fused-ring (bicyclic) bond motifs is 1. The molecule has 0 saturated carbocycles. The smallest absolute Gasteiger partial charge is 0.145 e. The third-order valence-electron chi connectivity index (χ3n) is 6.58. The van der Waals surface area contributed by atoms with Crippen molar-refractivity contribution in [3.63, 3.8) is 0 Å². The fourth-order valence-electron chi connectivity index (χ4n) is 4.64. The fourth-order valence-corrected chi connectivity index (χ4v) is 5.77. The third kappa shape index (κ3) is 4.39. The summed E-state index contributed by atoms with van der Waals surface area (Å²) in [4.78, 5) is 9.61. The molecule has 4 heteroatoms. The van der Waals surface area contributed by atoms with Gasteiger partial charge in [0.2, 0.25) is 0 Å². The molecule has 0 amide bonds. The van der Waals surface area contributed by atoms with Gasteiger partial charge >= 0.3 is 0 Å². The first kappa shape index (κ1) is 22.0. The number of rotatable bonds is 5. The molecule has 0 bridgehead atoms. The summed E-state index contributed by atoms with van der Waals surface area (Å²) in [6.07, 6.45) is 0.0861. The molecule has 0 saturated heterocycles. The summed E-state index contributed by atoms with van der Waals surface area (Å²) in [5.74, 6) is 1.05. The van der Waals surface area contributed by atoms with Crippen LogP contribution < -0.4 is 0 Å². The van der Waals surface area contributed by atoms with Crippen molar-refractivity contribution >= 4 is 21.6 Å². The SMILES string of the molecule is [2H]c1nc(-c2cccc3nc(C(C)(C)C)sc23)n(-c2c(C(C)C)cc(-c3ccccc3)cc2C(C)C)c1[2H]. The summed E-state index contributed by atoms with van der Waals surface area (Å²) < 4.78 is 20.6. The zero-order valence-corrected chi connectivity index (χ0v) is 23.0. The number of thiazole rings is 1. The van der Waals surface area contributed by atoms with Gasteiger partial charge in [0, 0.05) is 23.3 Å². The lowest BCUT2D eigenvalue weighted by Gasteiger charge is -2.24. The molecule has 0 spiro atoms. The molecule has 0 aliphatic rings. The second kappa shape index (κ2) is 9.33. The average Bonchev–Trinajstić information content (AvgIpc) is 3.45. The standard InChI is InChI=1S/C32H35N3S/c1-20(2)25-18-23(22-12-9-8-10-13-22)19-26(21(3)4)28(25)35-17-16-33-30(35)24-14-11-15-27-29(24)36-31(34-27)32(5,6)7/h8-21H,1-7H3/i16D,17D. The highest BCUT2D eigenvalue weighted by molar-refractivity contribution is 7.19. The first-order chi connectivity index (χ1) is 18.0. The van der Waals surface area contributed by atoms with Crippen LogP contribution in [0.15, 0.2) is 73.0 Å². The van der Waals surface area contributed by atoms with E-state index in [0.717, 1.165) is 37.6 Å². The van der Waals surface area contributed by atoms with Crippen molar-refractivity contribution in [2.24, 2.45) is 0 Å². The quantitative estimate of drug-likeness (QED) is 0.243. The molecule has 3 aromatic carbocycles. The average molecular weight is 496 g/mol. The highest BCUT2D eigenvalue weighted by Gasteiger charge is 2.24. The van der Waals surface area contributed by atoms with Gasteiger partial charge in [-0.25, -0.2) is 9.97 Å². The number of imidazole rings is 1. The molecule has 0 N–H and O–H groups in total. The van der Waals surface area contributed by atoms with Crippen molar-refractivity contribution in [2.75, 3.05) is 0 Å². The molecule has 0 unspecified atom stereocenters. The normalized spacial score (nSPS) is 13.0. The highest BCUT2D eigenvalue weighted by atomic mass is 32.1. The molecule has 5 rings (SSSR count).